The van der Waals surface area contributed by atoms with Gasteiger partial charge < -0.3 is 25.0 Å². The number of ether oxygens (including phenoxy) is 2. The lowest BCUT2D eigenvalue weighted by Crippen LogP contribution is -2.26. The maximum Gasteiger partial charge on any atom is 0.339 e. The number of aliphatic hydroxyl groups is 1. The lowest BCUT2D eigenvalue weighted by atomic mass is 10.0. The van der Waals surface area contributed by atoms with E-state index in [1.165, 1.54) is 0 Å². The number of carboxylic acids is 1. The second kappa shape index (κ2) is 11.3. The van der Waals surface area contributed by atoms with E-state index in [1.807, 2.05) is 68.4 Å². The molecule has 0 radical (unpaired) electrons. The summed E-state index contributed by atoms with van der Waals surface area (Å²) < 4.78 is 11.4. The van der Waals surface area contributed by atoms with Gasteiger partial charge in [-0.3, -0.25) is 0 Å². The molecule has 0 fully saturated rings. The molecule has 0 saturated carbocycles. The Labute approximate surface area is 188 Å². The fraction of sp³-hybridized carbons (Fsp3) is 0.269. The van der Waals surface area contributed by atoms with Gasteiger partial charge in [-0.15, -0.1) is 0 Å². The minimum atomic E-state index is -1.01. The Morgan fingerprint density at radius 1 is 0.969 bits per heavy atom. The zero-order valence-corrected chi connectivity index (χ0v) is 18.3. The van der Waals surface area contributed by atoms with Gasteiger partial charge in [-0.25, -0.2) is 4.79 Å². The summed E-state index contributed by atoms with van der Waals surface area (Å²) >= 11 is 0. The molecule has 0 spiro atoms. The van der Waals surface area contributed by atoms with E-state index in [4.69, 9.17) is 9.47 Å². The molecule has 0 aliphatic rings. The minimum Gasteiger partial charge on any atom is -0.492 e. The second-order valence-corrected chi connectivity index (χ2v) is 7.69. The van der Waals surface area contributed by atoms with Gasteiger partial charge in [0.15, 0.2) is 0 Å². The molecule has 0 unspecified atom stereocenters. The third-order valence-corrected chi connectivity index (χ3v) is 4.83. The minimum absolute atomic E-state index is 0.124. The number of aliphatic hydroxyl groups excluding tert-OH is 1. The Bertz CT molecular complexity index is 1000. The van der Waals surface area contributed by atoms with Crippen molar-refractivity contribution in [2.45, 2.75) is 26.1 Å². The molecule has 3 N–H and O–H groups in total. The van der Waals surface area contributed by atoms with E-state index in [1.54, 1.807) is 18.2 Å². The zero-order chi connectivity index (χ0) is 22.9. The van der Waals surface area contributed by atoms with E-state index >= 15 is 0 Å². The van der Waals surface area contributed by atoms with E-state index in [0.29, 0.717) is 25.4 Å². The van der Waals surface area contributed by atoms with Crippen LogP contribution in [-0.4, -0.2) is 42.0 Å². The van der Waals surface area contributed by atoms with Crippen LogP contribution in [0.2, 0.25) is 0 Å². The number of aromatic carboxylic acids is 1. The number of hydrogen-bond acceptors (Lipinski definition) is 5. The van der Waals surface area contributed by atoms with Crippen LogP contribution in [0.3, 0.4) is 0 Å². The van der Waals surface area contributed by atoms with Crippen LogP contribution in [0.15, 0.2) is 72.8 Å². The topological polar surface area (TPSA) is 88.0 Å². The summed E-state index contributed by atoms with van der Waals surface area (Å²) in [4.78, 5) is 11.4. The zero-order valence-electron chi connectivity index (χ0n) is 18.3. The van der Waals surface area contributed by atoms with Crippen LogP contribution in [0, 0.1) is 0 Å². The molecule has 168 valence electrons. The van der Waals surface area contributed by atoms with Crippen molar-refractivity contribution in [1.82, 2.24) is 5.32 Å². The predicted octanol–water partition coefficient (Wildman–Crippen LogP) is 4.54. The molecule has 1 atom stereocenters. The molecule has 6 heteroatoms. The maximum absolute atomic E-state index is 11.4. The summed E-state index contributed by atoms with van der Waals surface area (Å²) in [5, 5.41) is 22.7. The van der Waals surface area contributed by atoms with E-state index in [0.717, 1.165) is 22.4 Å². The Balaban J connectivity index is 1.52. The fourth-order valence-corrected chi connectivity index (χ4v) is 3.25. The van der Waals surface area contributed by atoms with Crippen LogP contribution in [0.5, 0.6) is 11.5 Å². The first-order chi connectivity index (χ1) is 15.4. The average molecular weight is 436 g/mol. The van der Waals surface area contributed by atoms with Crippen LogP contribution in [-0.2, 0) is 0 Å². The van der Waals surface area contributed by atoms with Crippen molar-refractivity contribution in [3.05, 3.63) is 83.9 Å². The number of carbonyl (C=O) groups is 1. The third-order valence-electron chi connectivity index (χ3n) is 4.83. The van der Waals surface area contributed by atoms with Gasteiger partial charge in [-0.05, 0) is 54.8 Å². The van der Waals surface area contributed by atoms with Crippen LogP contribution in [0.4, 0.5) is 0 Å². The molecular formula is C26H29NO5. The molecule has 3 aromatic carbocycles. The molecule has 32 heavy (non-hydrogen) atoms. The van der Waals surface area contributed by atoms with Gasteiger partial charge in [-0.1, -0.05) is 48.5 Å². The molecule has 0 heterocycles. The summed E-state index contributed by atoms with van der Waals surface area (Å²) in [6, 6.07) is 22.2. The van der Waals surface area contributed by atoms with Gasteiger partial charge in [0, 0.05) is 13.1 Å². The molecule has 0 amide bonds. The van der Waals surface area contributed by atoms with Crippen LogP contribution in [0.1, 0.15) is 35.9 Å². The highest BCUT2D eigenvalue weighted by molar-refractivity contribution is 5.92. The summed E-state index contributed by atoms with van der Waals surface area (Å²) in [7, 11) is 0. The Hall–Kier alpha value is -3.35. The highest BCUT2D eigenvalue weighted by Gasteiger charge is 2.14. The largest absolute Gasteiger partial charge is 0.492 e. The lowest BCUT2D eigenvalue weighted by molar-refractivity contribution is 0.0690. The van der Waals surface area contributed by atoms with Crippen molar-refractivity contribution in [2.24, 2.45) is 0 Å². The highest BCUT2D eigenvalue weighted by atomic mass is 16.5. The maximum atomic E-state index is 11.4. The average Bonchev–Trinajstić information content (AvgIpc) is 2.79. The molecule has 6 nitrogen and oxygen atoms in total. The first-order valence-corrected chi connectivity index (χ1v) is 10.6. The van der Waals surface area contributed by atoms with Crippen LogP contribution >= 0.6 is 0 Å². The van der Waals surface area contributed by atoms with E-state index in [9.17, 15) is 15.0 Å². The summed E-state index contributed by atoms with van der Waals surface area (Å²) in [5.74, 6) is 0.0786. The smallest absolute Gasteiger partial charge is 0.339 e. The molecule has 0 saturated heterocycles. The molecule has 3 aromatic rings. The predicted molar refractivity (Wildman–Crippen MR) is 124 cm³/mol. The first-order valence-electron chi connectivity index (χ1n) is 10.6. The van der Waals surface area contributed by atoms with Crippen molar-refractivity contribution < 1.29 is 24.5 Å². The number of rotatable bonds is 11. The molecule has 0 aliphatic heterocycles. The number of nitrogens with one attached hydrogen (secondary N) is 1. The van der Waals surface area contributed by atoms with E-state index < -0.39 is 12.1 Å². The van der Waals surface area contributed by atoms with Gasteiger partial charge in [-0.2, -0.15) is 0 Å². The van der Waals surface area contributed by atoms with Crippen LogP contribution < -0.4 is 14.8 Å². The Kier molecular flexibility index (Phi) is 8.25. The van der Waals surface area contributed by atoms with Crippen molar-refractivity contribution in [1.29, 1.82) is 0 Å². The van der Waals surface area contributed by atoms with Gasteiger partial charge in [0.05, 0.1) is 12.2 Å². The summed E-state index contributed by atoms with van der Waals surface area (Å²) in [5.41, 5.74) is 2.84. The van der Waals surface area contributed by atoms with Crippen molar-refractivity contribution in [2.75, 3.05) is 19.7 Å². The van der Waals surface area contributed by atoms with Gasteiger partial charge >= 0.3 is 5.97 Å². The summed E-state index contributed by atoms with van der Waals surface area (Å²) in [6.45, 7) is 5.27. The molecule has 0 aliphatic carbocycles. The van der Waals surface area contributed by atoms with Gasteiger partial charge in [0.1, 0.15) is 23.7 Å². The quantitative estimate of drug-likeness (QED) is 0.383. The van der Waals surface area contributed by atoms with Crippen molar-refractivity contribution in [3.63, 3.8) is 0 Å². The number of benzene rings is 3. The Morgan fingerprint density at radius 2 is 1.66 bits per heavy atom. The van der Waals surface area contributed by atoms with Crippen LogP contribution in [0.25, 0.3) is 11.1 Å². The van der Waals surface area contributed by atoms with E-state index in [-0.39, 0.29) is 11.7 Å². The van der Waals surface area contributed by atoms with Gasteiger partial charge in [0.25, 0.3) is 0 Å². The molecular weight excluding hydrogens is 406 g/mol. The standard InChI is InChI=1S/C26H29NO5/c1-18(2)32-25-16-21(10-13-23(25)26(29)30)19-8-11-22(12-9-19)31-15-14-27-17-24(28)20-6-4-3-5-7-20/h3-13,16,18,24,27-28H,14-15,17H2,1-2H3,(H,29,30)/t24-/m1/s1. The van der Waals surface area contributed by atoms with Crippen molar-refractivity contribution >= 4 is 5.97 Å². The second-order valence-electron chi connectivity index (χ2n) is 7.69. The summed E-state index contributed by atoms with van der Waals surface area (Å²) in [6.07, 6.45) is -0.672. The molecule has 0 aromatic heterocycles. The molecule has 0 bridgehead atoms. The molecule has 3 rings (SSSR count). The van der Waals surface area contributed by atoms with E-state index in [2.05, 4.69) is 5.32 Å². The number of carboxylic acid groups (broad SMARTS) is 1. The van der Waals surface area contributed by atoms with Gasteiger partial charge in [0.2, 0.25) is 0 Å². The third kappa shape index (κ3) is 6.57. The Morgan fingerprint density at radius 3 is 2.31 bits per heavy atom. The fourth-order valence-electron chi connectivity index (χ4n) is 3.25. The van der Waals surface area contributed by atoms with Crippen molar-refractivity contribution in [3.8, 4) is 22.6 Å². The SMILES string of the molecule is CC(C)Oc1cc(-c2ccc(OCCNC[C@@H](O)c3ccccc3)cc2)ccc1C(=O)O. The highest BCUT2D eigenvalue weighted by Crippen LogP contribution is 2.29. The normalized spacial score (nSPS) is 11.9. The monoisotopic (exact) mass is 435 g/mol. The lowest BCUT2D eigenvalue weighted by Gasteiger charge is -2.14. The number of hydrogen-bond donors (Lipinski definition) is 3. The first kappa shape index (κ1) is 23.3.